The molecule has 4 nitrogen and oxygen atoms in total. The third-order valence-corrected chi connectivity index (χ3v) is 4.99. The zero-order valence-electron chi connectivity index (χ0n) is 14.8. The van der Waals surface area contributed by atoms with Crippen molar-refractivity contribution >= 4 is 0 Å². The molecule has 0 bridgehead atoms. The smallest absolute Gasteiger partial charge is 0.194 e. The Labute approximate surface area is 144 Å². The standard InChI is InChI=1S/C20H28N2O2/c1-3-8-19-21-16(2)18(24-19)15-22-13-7-11-20(23,12-14-22)17-9-5-4-6-10-17/h4-6,9-10,23H,3,7-8,11-15H2,1-2H3/t20-/m0/s1. The number of aliphatic hydroxyl groups is 1. The maximum absolute atomic E-state index is 11.1. The minimum Gasteiger partial charge on any atom is -0.444 e. The second-order valence-electron chi connectivity index (χ2n) is 6.89. The second-order valence-corrected chi connectivity index (χ2v) is 6.89. The SMILES string of the molecule is CCCc1nc(C)c(CN2CCC[C@@](O)(c3ccccc3)CC2)o1. The van der Waals surface area contributed by atoms with Crippen molar-refractivity contribution in [1.29, 1.82) is 0 Å². The van der Waals surface area contributed by atoms with E-state index < -0.39 is 5.60 Å². The third kappa shape index (κ3) is 3.87. The maximum Gasteiger partial charge on any atom is 0.194 e. The third-order valence-electron chi connectivity index (χ3n) is 4.99. The fourth-order valence-electron chi connectivity index (χ4n) is 3.53. The van der Waals surface area contributed by atoms with Crippen molar-refractivity contribution in [2.24, 2.45) is 0 Å². The first-order valence-corrected chi connectivity index (χ1v) is 9.06. The van der Waals surface area contributed by atoms with Crippen LogP contribution in [0.5, 0.6) is 0 Å². The molecule has 1 aliphatic rings. The minimum absolute atomic E-state index is 0.708. The molecule has 1 aromatic carbocycles. The van der Waals surface area contributed by atoms with Crippen molar-refractivity contribution in [1.82, 2.24) is 9.88 Å². The molecule has 0 spiro atoms. The molecule has 3 rings (SSSR count). The highest BCUT2D eigenvalue weighted by Gasteiger charge is 2.32. The van der Waals surface area contributed by atoms with Crippen LogP contribution in [0.3, 0.4) is 0 Å². The lowest BCUT2D eigenvalue weighted by molar-refractivity contribution is 0.0208. The number of benzene rings is 1. The first-order chi connectivity index (χ1) is 11.6. The fraction of sp³-hybridized carbons (Fsp3) is 0.550. The average Bonchev–Trinajstić information content (AvgIpc) is 2.81. The van der Waals surface area contributed by atoms with E-state index in [0.29, 0.717) is 0 Å². The molecule has 24 heavy (non-hydrogen) atoms. The lowest BCUT2D eigenvalue weighted by Gasteiger charge is -2.27. The van der Waals surface area contributed by atoms with Gasteiger partial charge >= 0.3 is 0 Å². The van der Waals surface area contributed by atoms with Crippen molar-refractivity contribution in [3.8, 4) is 0 Å². The van der Waals surface area contributed by atoms with Gasteiger partial charge < -0.3 is 9.52 Å². The van der Waals surface area contributed by atoms with Gasteiger partial charge in [-0.1, -0.05) is 37.3 Å². The van der Waals surface area contributed by atoms with Gasteiger partial charge in [0.2, 0.25) is 0 Å². The predicted molar refractivity (Wildman–Crippen MR) is 94.7 cm³/mol. The van der Waals surface area contributed by atoms with Crippen molar-refractivity contribution in [2.45, 2.75) is 58.1 Å². The molecule has 1 aromatic heterocycles. The molecule has 0 unspecified atom stereocenters. The minimum atomic E-state index is -0.708. The van der Waals surface area contributed by atoms with Gasteiger partial charge in [0.25, 0.3) is 0 Å². The lowest BCUT2D eigenvalue weighted by Crippen LogP contribution is -2.29. The number of aromatic nitrogens is 1. The molecule has 2 aromatic rings. The van der Waals surface area contributed by atoms with Gasteiger partial charge in [0.1, 0.15) is 5.76 Å². The van der Waals surface area contributed by atoms with Gasteiger partial charge in [-0.3, -0.25) is 4.90 Å². The van der Waals surface area contributed by atoms with Gasteiger partial charge in [-0.05, 0) is 44.7 Å². The van der Waals surface area contributed by atoms with Crippen molar-refractivity contribution in [3.63, 3.8) is 0 Å². The Bertz CT molecular complexity index is 653. The van der Waals surface area contributed by atoms with Crippen LogP contribution in [-0.4, -0.2) is 28.1 Å². The summed E-state index contributed by atoms with van der Waals surface area (Å²) in [6.07, 6.45) is 4.50. The van der Waals surface area contributed by atoms with Crippen LogP contribution in [-0.2, 0) is 18.6 Å². The van der Waals surface area contributed by atoms with Gasteiger partial charge in [-0.15, -0.1) is 0 Å². The Hall–Kier alpha value is -1.65. The number of likely N-dealkylation sites (tertiary alicyclic amines) is 1. The molecule has 1 saturated heterocycles. The Morgan fingerprint density at radius 1 is 1.21 bits per heavy atom. The Morgan fingerprint density at radius 3 is 2.75 bits per heavy atom. The number of nitrogens with zero attached hydrogens (tertiary/aromatic N) is 2. The number of rotatable bonds is 5. The molecule has 1 N–H and O–H groups in total. The van der Waals surface area contributed by atoms with Crippen LogP contribution in [0.15, 0.2) is 34.7 Å². The van der Waals surface area contributed by atoms with E-state index in [9.17, 15) is 5.11 Å². The Morgan fingerprint density at radius 2 is 2.00 bits per heavy atom. The molecule has 1 fully saturated rings. The van der Waals surface area contributed by atoms with Crippen LogP contribution in [0.1, 0.15) is 55.5 Å². The Kier molecular flexibility index (Phi) is 5.36. The zero-order valence-corrected chi connectivity index (χ0v) is 14.8. The molecule has 0 amide bonds. The summed E-state index contributed by atoms with van der Waals surface area (Å²) in [6.45, 7) is 6.80. The monoisotopic (exact) mass is 328 g/mol. The van der Waals surface area contributed by atoms with E-state index in [1.807, 2.05) is 37.3 Å². The molecule has 130 valence electrons. The van der Waals surface area contributed by atoms with Crippen LogP contribution in [0, 0.1) is 6.92 Å². The summed E-state index contributed by atoms with van der Waals surface area (Å²) in [5.41, 5.74) is 1.33. The normalized spacial score (nSPS) is 22.5. The summed E-state index contributed by atoms with van der Waals surface area (Å²) >= 11 is 0. The summed E-state index contributed by atoms with van der Waals surface area (Å²) in [6, 6.07) is 10.1. The van der Waals surface area contributed by atoms with Crippen molar-refractivity contribution < 1.29 is 9.52 Å². The van der Waals surface area contributed by atoms with E-state index >= 15 is 0 Å². The summed E-state index contributed by atoms with van der Waals surface area (Å²) in [7, 11) is 0. The van der Waals surface area contributed by atoms with E-state index in [1.165, 1.54) is 0 Å². The quantitative estimate of drug-likeness (QED) is 0.907. The fourth-order valence-corrected chi connectivity index (χ4v) is 3.53. The van der Waals surface area contributed by atoms with E-state index in [1.54, 1.807) is 0 Å². The van der Waals surface area contributed by atoms with Gasteiger partial charge in [0.15, 0.2) is 5.89 Å². The topological polar surface area (TPSA) is 49.5 Å². The molecule has 4 heteroatoms. The van der Waals surface area contributed by atoms with E-state index in [-0.39, 0.29) is 0 Å². The first kappa shape index (κ1) is 17.2. The second kappa shape index (κ2) is 7.49. The molecule has 0 aliphatic carbocycles. The highest BCUT2D eigenvalue weighted by Crippen LogP contribution is 2.33. The van der Waals surface area contributed by atoms with E-state index in [2.05, 4.69) is 16.8 Å². The highest BCUT2D eigenvalue weighted by molar-refractivity contribution is 5.22. The van der Waals surface area contributed by atoms with Crippen LogP contribution in [0.4, 0.5) is 0 Å². The molecule has 1 aliphatic heterocycles. The Balaban J connectivity index is 1.66. The summed E-state index contributed by atoms with van der Waals surface area (Å²) in [5, 5.41) is 11.1. The summed E-state index contributed by atoms with van der Waals surface area (Å²) in [4.78, 5) is 6.90. The zero-order chi connectivity index (χ0) is 17.0. The predicted octanol–water partition coefficient (Wildman–Crippen LogP) is 3.81. The highest BCUT2D eigenvalue weighted by atomic mass is 16.4. The number of hydrogen-bond donors (Lipinski definition) is 1. The maximum atomic E-state index is 11.1. The molecule has 0 radical (unpaired) electrons. The number of oxazole rings is 1. The van der Waals surface area contributed by atoms with E-state index in [0.717, 1.165) is 74.6 Å². The molecular formula is C20H28N2O2. The van der Waals surface area contributed by atoms with Crippen molar-refractivity contribution in [2.75, 3.05) is 13.1 Å². The average molecular weight is 328 g/mol. The van der Waals surface area contributed by atoms with Gasteiger partial charge in [0.05, 0.1) is 17.8 Å². The first-order valence-electron chi connectivity index (χ1n) is 9.06. The molecular weight excluding hydrogens is 300 g/mol. The van der Waals surface area contributed by atoms with Crippen molar-refractivity contribution in [3.05, 3.63) is 53.2 Å². The van der Waals surface area contributed by atoms with Gasteiger partial charge in [0, 0.05) is 13.0 Å². The van der Waals surface area contributed by atoms with Crippen LogP contribution >= 0.6 is 0 Å². The van der Waals surface area contributed by atoms with Gasteiger partial charge in [-0.2, -0.15) is 0 Å². The largest absolute Gasteiger partial charge is 0.444 e. The summed E-state index contributed by atoms with van der Waals surface area (Å²) in [5.74, 6) is 1.82. The van der Waals surface area contributed by atoms with Gasteiger partial charge in [-0.25, -0.2) is 4.98 Å². The van der Waals surface area contributed by atoms with E-state index in [4.69, 9.17) is 4.42 Å². The lowest BCUT2D eigenvalue weighted by atomic mass is 9.87. The van der Waals surface area contributed by atoms with Crippen LogP contribution in [0.2, 0.25) is 0 Å². The van der Waals surface area contributed by atoms with Crippen LogP contribution in [0.25, 0.3) is 0 Å². The molecule has 2 heterocycles. The molecule has 0 saturated carbocycles. The number of hydrogen-bond acceptors (Lipinski definition) is 4. The summed E-state index contributed by atoms with van der Waals surface area (Å²) < 4.78 is 5.92. The number of aryl methyl sites for hydroxylation is 2. The molecule has 1 atom stereocenters. The van der Waals surface area contributed by atoms with Crippen LogP contribution < -0.4 is 0 Å².